The average Bonchev–Trinajstić information content (AvgIpc) is 3.12. The second kappa shape index (κ2) is 55.1. The summed E-state index contributed by atoms with van der Waals surface area (Å²) < 4.78 is 0. The van der Waals surface area contributed by atoms with Crippen molar-refractivity contribution in [3.63, 3.8) is 0 Å². The first-order valence-electron chi connectivity index (χ1n) is 28.1. The number of rotatable bonds is 35. The molecule has 0 aliphatic rings. The number of hydrogen-bond donors (Lipinski definition) is 0. The highest BCUT2D eigenvalue weighted by Crippen LogP contribution is 2.17. The fourth-order valence-corrected chi connectivity index (χ4v) is 7.29. The zero-order chi connectivity index (χ0) is 47.0. The number of hydrogen-bond acceptors (Lipinski definition) is 0. The van der Waals surface area contributed by atoms with Gasteiger partial charge in [-0.2, -0.15) is 0 Å². The van der Waals surface area contributed by atoms with Gasteiger partial charge in [-0.3, -0.25) is 0 Å². The van der Waals surface area contributed by atoms with Crippen LogP contribution >= 0.6 is 0 Å². The summed E-state index contributed by atoms with van der Waals surface area (Å²) in [6.07, 6.45) is 43.1. The quantitative estimate of drug-likeness (QED) is 0.0557. The molecule has 0 heterocycles. The molecule has 370 valence electrons. The summed E-state index contributed by atoms with van der Waals surface area (Å²) >= 11 is 0. The minimum atomic E-state index is 0.896. The highest BCUT2D eigenvalue weighted by atomic mass is 14.1. The molecule has 0 bridgehead atoms. The summed E-state index contributed by atoms with van der Waals surface area (Å²) in [6.45, 7) is 46.3. The molecule has 0 spiro atoms. The maximum Gasteiger partial charge on any atom is -0.0471 e. The van der Waals surface area contributed by atoms with Gasteiger partial charge in [-0.15, -0.1) is 0 Å². The Kier molecular flexibility index (Phi) is 63.4. The van der Waals surface area contributed by atoms with E-state index in [2.05, 4.69) is 138 Å². The van der Waals surface area contributed by atoms with Gasteiger partial charge in [0, 0.05) is 0 Å². The van der Waals surface area contributed by atoms with Crippen molar-refractivity contribution in [3.05, 3.63) is 0 Å². The van der Waals surface area contributed by atoms with Crippen molar-refractivity contribution in [2.75, 3.05) is 0 Å². The molecule has 0 nitrogen and oxygen atoms in total. The molecule has 0 atom stereocenters. The second-order valence-corrected chi connectivity index (χ2v) is 23.9. The SMILES string of the molecule is CC(C)CCCCC(C)C.CC(C)CCCCCC(C)C.CC(C)CCCCCCC(C)C.CC(C)CCCCCCCC(C)C.CC(C)CCCCCCCCC(C)C. The largest absolute Gasteiger partial charge is 0.0628 e. The fourth-order valence-electron chi connectivity index (χ4n) is 7.29. The molecule has 0 fully saturated rings. The van der Waals surface area contributed by atoms with E-state index in [1.807, 2.05) is 0 Å². The normalized spacial score (nSPS) is 11.5. The third-order valence-corrected chi connectivity index (χ3v) is 11.6. The Morgan fingerprint density at radius 3 is 0.283 bits per heavy atom. The monoisotopic (exact) mass is 851 g/mol. The van der Waals surface area contributed by atoms with Crippen LogP contribution in [0.3, 0.4) is 0 Å². The van der Waals surface area contributed by atoms with Crippen LogP contribution in [-0.2, 0) is 0 Å². The molecule has 0 unspecified atom stereocenters. The van der Waals surface area contributed by atoms with Crippen molar-refractivity contribution < 1.29 is 0 Å². The van der Waals surface area contributed by atoms with Crippen molar-refractivity contribution in [1.29, 1.82) is 0 Å². The summed E-state index contributed by atoms with van der Waals surface area (Å²) in [6, 6.07) is 0. The van der Waals surface area contributed by atoms with Crippen molar-refractivity contribution in [2.24, 2.45) is 59.2 Å². The maximum absolute atomic E-state index is 2.32. The Bertz CT molecular complexity index is 631. The molecular weight excluding hydrogens is 721 g/mol. The molecule has 0 aromatic rings. The maximum atomic E-state index is 2.32. The van der Waals surface area contributed by atoms with Crippen LogP contribution in [0.15, 0.2) is 0 Å². The lowest BCUT2D eigenvalue weighted by molar-refractivity contribution is 0.483. The van der Waals surface area contributed by atoms with Crippen LogP contribution in [0.4, 0.5) is 0 Å². The minimum absolute atomic E-state index is 0.896. The van der Waals surface area contributed by atoms with Crippen molar-refractivity contribution in [2.45, 2.75) is 331 Å². The van der Waals surface area contributed by atoms with Gasteiger partial charge in [-0.05, 0) is 59.2 Å². The molecule has 0 radical (unpaired) electrons. The average molecular weight is 852 g/mol. The fraction of sp³-hybridized carbons (Fsp3) is 1.00. The molecule has 0 aliphatic heterocycles. The molecule has 0 heteroatoms. The van der Waals surface area contributed by atoms with E-state index >= 15 is 0 Å². The summed E-state index contributed by atoms with van der Waals surface area (Å²) in [4.78, 5) is 0. The van der Waals surface area contributed by atoms with E-state index in [1.54, 1.807) is 0 Å². The van der Waals surface area contributed by atoms with Crippen LogP contribution in [0.5, 0.6) is 0 Å². The van der Waals surface area contributed by atoms with Gasteiger partial charge in [0.15, 0.2) is 0 Å². The first-order valence-corrected chi connectivity index (χ1v) is 28.1. The zero-order valence-electron chi connectivity index (χ0n) is 47.0. The van der Waals surface area contributed by atoms with Gasteiger partial charge < -0.3 is 0 Å². The highest BCUT2D eigenvalue weighted by molar-refractivity contribution is 4.54. The molecule has 0 rings (SSSR count). The van der Waals surface area contributed by atoms with Crippen LogP contribution in [0.1, 0.15) is 331 Å². The first-order chi connectivity index (χ1) is 28.1. The summed E-state index contributed by atoms with van der Waals surface area (Å²) in [7, 11) is 0. The van der Waals surface area contributed by atoms with Gasteiger partial charge in [-0.25, -0.2) is 0 Å². The van der Waals surface area contributed by atoms with Crippen molar-refractivity contribution >= 4 is 0 Å². The van der Waals surface area contributed by atoms with Crippen molar-refractivity contribution in [1.82, 2.24) is 0 Å². The van der Waals surface area contributed by atoms with Crippen LogP contribution in [0.25, 0.3) is 0 Å². The van der Waals surface area contributed by atoms with Gasteiger partial charge >= 0.3 is 0 Å². The molecule has 0 aromatic heterocycles. The van der Waals surface area contributed by atoms with Crippen LogP contribution in [0, 0.1) is 59.2 Å². The molecule has 0 aromatic carbocycles. The molecule has 60 heavy (non-hydrogen) atoms. The van der Waals surface area contributed by atoms with Gasteiger partial charge in [0.2, 0.25) is 0 Å². The van der Waals surface area contributed by atoms with E-state index in [0.717, 1.165) is 59.2 Å². The smallest absolute Gasteiger partial charge is 0.0471 e. The summed E-state index contributed by atoms with van der Waals surface area (Å²) in [5, 5.41) is 0. The molecular formula is C60H130. The lowest BCUT2D eigenvalue weighted by Crippen LogP contribution is -1.90. The lowest BCUT2D eigenvalue weighted by atomic mass is 10.0. The predicted molar refractivity (Wildman–Crippen MR) is 287 cm³/mol. The number of unbranched alkanes of at least 4 members (excludes halogenated alkanes) is 15. The third-order valence-electron chi connectivity index (χ3n) is 11.6. The molecule has 0 N–H and O–H groups in total. The Morgan fingerprint density at radius 2 is 0.183 bits per heavy atom. The van der Waals surface area contributed by atoms with E-state index < -0.39 is 0 Å². The minimum Gasteiger partial charge on any atom is -0.0628 e. The van der Waals surface area contributed by atoms with Gasteiger partial charge in [0.1, 0.15) is 0 Å². The Hall–Kier alpha value is 0. The van der Waals surface area contributed by atoms with E-state index in [4.69, 9.17) is 0 Å². The summed E-state index contributed by atoms with van der Waals surface area (Å²) in [5.41, 5.74) is 0. The topological polar surface area (TPSA) is 0 Å². The van der Waals surface area contributed by atoms with E-state index in [-0.39, 0.29) is 0 Å². The molecule has 0 aliphatic carbocycles. The van der Waals surface area contributed by atoms with Crippen LogP contribution < -0.4 is 0 Å². The predicted octanol–water partition coefficient (Wildman–Crippen LogP) is 23.2. The Balaban J connectivity index is -0.000000211. The highest BCUT2D eigenvalue weighted by Gasteiger charge is 2.00. The standard InChI is InChI=1S/C14H30.C13H28.C12H26.C11H24.C10H22/c1-13(2)11-9-7-5-6-8-10-12-14(3)4;1-12(2)10-8-6-5-7-9-11-13(3)4;1-11(2)9-7-5-6-8-10-12(3)4;1-10(2)8-6-5-7-9-11(3)4;1-9(2)7-5-6-8-10(3)4/h13-14H,5-12H2,1-4H3;12-13H,5-11H2,1-4H3;11-12H,5-10H2,1-4H3;10-11H,5-9H2,1-4H3;9-10H,5-8H2,1-4H3. The van der Waals surface area contributed by atoms with E-state index in [1.165, 1.54) is 193 Å². The van der Waals surface area contributed by atoms with Gasteiger partial charge in [0.25, 0.3) is 0 Å². The van der Waals surface area contributed by atoms with E-state index in [9.17, 15) is 0 Å². The molecule has 0 saturated carbocycles. The summed E-state index contributed by atoms with van der Waals surface area (Å²) in [5.74, 6) is 8.98. The van der Waals surface area contributed by atoms with E-state index in [0.29, 0.717) is 0 Å². The zero-order valence-corrected chi connectivity index (χ0v) is 47.0. The lowest BCUT2D eigenvalue weighted by Gasteiger charge is -2.05. The first kappa shape index (κ1) is 69.0. The Labute approximate surface area is 388 Å². The third kappa shape index (κ3) is 93.1. The van der Waals surface area contributed by atoms with Crippen molar-refractivity contribution in [3.8, 4) is 0 Å². The second-order valence-electron chi connectivity index (χ2n) is 23.9. The van der Waals surface area contributed by atoms with Gasteiger partial charge in [-0.1, -0.05) is 331 Å². The molecule has 0 amide bonds. The van der Waals surface area contributed by atoms with Crippen LogP contribution in [-0.4, -0.2) is 0 Å². The van der Waals surface area contributed by atoms with Gasteiger partial charge in [0.05, 0.1) is 0 Å². The molecule has 0 saturated heterocycles. The Morgan fingerprint density at radius 1 is 0.117 bits per heavy atom. The van der Waals surface area contributed by atoms with Crippen LogP contribution in [0.2, 0.25) is 0 Å².